The molecule has 0 unspecified atom stereocenters. The summed E-state index contributed by atoms with van der Waals surface area (Å²) in [5.41, 5.74) is 11.7. The van der Waals surface area contributed by atoms with Crippen LogP contribution < -0.4 is 15.6 Å². The molecule has 3 N–H and O–H groups in total. The van der Waals surface area contributed by atoms with Crippen LogP contribution in [-0.2, 0) is 31.2 Å². The predicted molar refractivity (Wildman–Crippen MR) is 154 cm³/mol. The number of benzene rings is 3. The van der Waals surface area contributed by atoms with E-state index in [1.807, 2.05) is 12.1 Å². The van der Waals surface area contributed by atoms with E-state index in [-0.39, 0.29) is 5.91 Å². The Bertz CT molecular complexity index is 1500. The predicted octanol–water partition coefficient (Wildman–Crippen LogP) is 5.83. The van der Waals surface area contributed by atoms with Crippen molar-refractivity contribution < 1.29 is 9.36 Å². The monoisotopic (exact) mass is 535 g/mol. The molecule has 1 aliphatic carbocycles. The van der Waals surface area contributed by atoms with Crippen LogP contribution in [0, 0.1) is 0 Å². The highest BCUT2D eigenvalue weighted by Gasteiger charge is 2.22. The molecule has 1 heterocycles. The molecule has 0 bridgehead atoms. The van der Waals surface area contributed by atoms with Crippen LogP contribution in [0.2, 0.25) is 10.0 Å². The molecule has 1 aromatic heterocycles. The highest BCUT2D eigenvalue weighted by molar-refractivity contribution is 6.42. The Morgan fingerprint density at radius 2 is 1.84 bits per heavy atom. The van der Waals surface area contributed by atoms with Crippen LogP contribution in [0.1, 0.15) is 48.2 Å². The van der Waals surface area contributed by atoms with Crippen LogP contribution in [0.5, 0.6) is 0 Å². The number of aryl methyl sites for hydroxylation is 4. The normalized spacial score (nSPS) is 12.9. The zero-order valence-electron chi connectivity index (χ0n) is 21.2. The number of nitrogens with two attached hydrogens (primary N) is 1. The number of hydrogen-bond acceptors (Lipinski definition) is 2. The summed E-state index contributed by atoms with van der Waals surface area (Å²) in [7, 11) is 2.07. The average Bonchev–Trinajstić information content (AvgIpc) is 3.42. The maximum Gasteiger partial charge on any atom is 0.282 e. The van der Waals surface area contributed by atoms with Gasteiger partial charge in [-0.15, -0.1) is 0 Å². The maximum atomic E-state index is 11.9. The van der Waals surface area contributed by atoms with Crippen LogP contribution in [0.3, 0.4) is 0 Å². The summed E-state index contributed by atoms with van der Waals surface area (Å²) in [6, 6.07) is 15.0. The number of imidazole rings is 1. The van der Waals surface area contributed by atoms with Gasteiger partial charge in [-0.3, -0.25) is 4.79 Å². The molecular formula is C30H33Cl2N4O+. The Labute approximate surface area is 227 Å². The minimum Gasteiger partial charge on any atom is -0.355 e. The summed E-state index contributed by atoms with van der Waals surface area (Å²) in [6.07, 6.45) is 9.95. The van der Waals surface area contributed by atoms with Gasteiger partial charge in [0.1, 0.15) is 0 Å². The van der Waals surface area contributed by atoms with Crippen molar-refractivity contribution in [1.29, 1.82) is 0 Å². The molecule has 7 heteroatoms. The van der Waals surface area contributed by atoms with E-state index in [4.69, 9.17) is 28.9 Å². The van der Waals surface area contributed by atoms with Crippen molar-refractivity contribution in [3.63, 3.8) is 0 Å². The van der Waals surface area contributed by atoms with Gasteiger partial charge in [0.2, 0.25) is 5.91 Å². The quantitative estimate of drug-likeness (QED) is 0.198. The molecule has 0 saturated heterocycles. The summed E-state index contributed by atoms with van der Waals surface area (Å²) >= 11 is 12.8. The van der Waals surface area contributed by atoms with E-state index in [0.29, 0.717) is 29.6 Å². The standard InChI is InChI=1S/C30H32Cl2N4O/c1-35-26-18-24(31)25(32)19-27(26)36(17-4-2-3-8-28(37)34-16-15-33)29(35)14-13-20-9-10-22-12-11-21-6-5-7-23(20)30(21)22/h5-7,9-10,13-14,18-19H,2-4,8,11-12,15-17,33H2,1H3/p+1/b14-13+. The van der Waals surface area contributed by atoms with Crippen molar-refractivity contribution >= 4 is 63.1 Å². The molecule has 0 radical (unpaired) electrons. The topological polar surface area (TPSA) is 63.9 Å². The molecule has 3 aromatic carbocycles. The second-order valence-electron chi connectivity index (χ2n) is 9.76. The van der Waals surface area contributed by atoms with Crippen LogP contribution in [0.25, 0.3) is 34.0 Å². The number of carbonyl (C=O) groups is 1. The molecule has 5 rings (SSSR count). The summed E-state index contributed by atoms with van der Waals surface area (Å²) in [5, 5.41) is 6.67. The zero-order valence-corrected chi connectivity index (χ0v) is 22.7. The van der Waals surface area contributed by atoms with Gasteiger partial charge in [-0.25, -0.2) is 9.13 Å². The van der Waals surface area contributed by atoms with Crippen LogP contribution in [0.4, 0.5) is 0 Å². The second kappa shape index (κ2) is 11.3. The lowest BCUT2D eigenvalue weighted by Crippen LogP contribution is -2.31. The number of aromatic nitrogens is 2. The highest BCUT2D eigenvalue weighted by Crippen LogP contribution is 2.34. The molecule has 0 aliphatic heterocycles. The molecule has 0 saturated carbocycles. The Morgan fingerprint density at radius 1 is 1.05 bits per heavy atom. The summed E-state index contributed by atoms with van der Waals surface area (Å²) in [5.74, 6) is 1.15. The molecule has 0 spiro atoms. The van der Waals surface area contributed by atoms with Gasteiger partial charge in [0.05, 0.1) is 23.6 Å². The van der Waals surface area contributed by atoms with Crippen LogP contribution in [-0.4, -0.2) is 23.6 Å². The van der Waals surface area contributed by atoms with E-state index >= 15 is 0 Å². The highest BCUT2D eigenvalue weighted by atomic mass is 35.5. The number of amides is 1. The number of carbonyl (C=O) groups excluding carboxylic acids is 1. The lowest BCUT2D eigenvalue weighted by atomic mass is 9.99. The van der Waals surface area contributed by atoms with Crippen LogP contribution in [0.15, 0.2) is 42.5 Å². The molecule has 1 aliphatic rings. The van der Waals surface area contributed by atoms with Gasteiger partial charge in [-0.2, -0.15) is 0 Å². The van der Waals surface area contributed by atoms with Gasteiger partial charge in [-0.1, -0.05) is 53.5 Å². The Morgan fingerprint density at radius 3 is 2.65 bits per heavy atom. The smallest absolute Gasteiger partial charge is 0.282 e. The first kappa shape index (κ1) is 25.8. The third kappa shape index (κ3) is 5.26. The lowest BCUT2D eigenvalue weighted by Gasteiger charge is -2.06. The van der Waals surface area contributed by atoms with Crippen molar-refractivity contribution in [3.05, 3.63) is 75.0 Å². The third-order valence-electron chi connectivity index (χ3n) is 7.36. The summed E-state index contributed by atoms with van der Waals surface area (Å²) < 4.78 is 4.48. The minimum atomic E-state index is 0.0682. The molecule has 0 fully saturated rings. The first-order chi connectivity index (χ1) is 18.0. The van der Waals surface area contributed by atoms with Crippen LogP contribution >= 0.6 is 23.2 Å². The van der Waals surface area contributed by atoms with Gasteiger partial charge >= 0.3 is 0 Å². The molecule has 1 amide bonds. The minimum absolute atomic E-state index is 0.0682. The van der Waals surface area contributed by atoms with Gasteiger partial charge < -0.3 is 11.1 Å². The van der Waals surface area contributed by atoms with Gasteiger partial charge in [0.15, 0.2) is 11.0 Å². The zero-order chi connectivity index (χ0) is 25.9. The largest absolute Gasteiger partial charge is 0.355 e. The summed E-state index contributed by atoms with van der Waals surface area (Å²) in [6.45, 7) is 1.82. The lowest BCUT2D eigenvalue weighted by molar-refractivity contribution is -0.647. The summed E-state index contributed by atoms with van der Waals surface area (Å²) in [4.78, 5) is 11.9. The molecule has 5 nitrogen and oxygen atoms in total. The first-order valence-corrected chi connectivity index (χ1v) is 13.8. The maximum absolute atomic E-state index is 11.9. The van der Waals surface area contributed by atoms with E-state index in [9.17, 15) is 4.79 Å². The molecule has 37 heavy (non-hydrogen) atoms. The number of rotatable bonds is 10. The van der Waals surface area contributed by atoms with Gasteiger partial charge in [0.25, 0.3) is 5.82 Å². The van der Waals surface area contributed by atoms with Crippen molar-refractivity contribution in [2.45, 2.75) is 45.1 Å². The Balaban J connectivity index is 1.43. The van der Waals surface area contributed by atoms with E-state index < -0.39 is 0 Å². The van der Waals surface area contributed by atoms with Gasteiger partial charge in [-0.05, 0) is 65.6 Å². The van der Waals surface area contributed by atoms with Crippen molar-refractivity contribution in [1.82, 2.24) is 9.88 Å². The number of nitrogens with one attached hydrogen (secondary N) is 1. The van der Waals surface area contributed by atoms with E-state index in [1.165, 1.54) is 27.5 Å². The van der Waals surface area contributed by atoms with Crippen molar-refractivity contribution in [3.8, 4) is 0 Å². The number of fused-ring (bicyclic) bond motifs is 1. The van der Waals surface area contributed by atoms with Crippen molar-refractivity contribution in [2.24, 2.45) is 12.8 Å². The molecular weight excluding hydrogens is 503 g/mol. The first-order valence-electron chi connectivity index (χ1n) is 13.0. The molecule has 4 aromatic rings. The third-order valence-corrected chi connectivity index (χ3v) is 8.09. The van der Waals surface area contributed by atoms with E-state index in [1.54, 1.807) is 0 Å². The average molecular weight is 537 g/mol. The fraction of sp³-hybridized carbons (Fsp3) is 0.333. The number of halogens is 2. The Kier molecular flexibility index (Phi) is 7.84. The SMILES string of the molecule is C[n+]1c(/C=C/c2ccc3c4c(cccc24)CC3)n(CCCCCC(=O)NCCN)c2cc(Cl)c(Cl)cc21. The molecule has 192 valence electrons. The van der Waals surface area contributed by atoms with E-state index in [2.05, 4.69) is 64.0 Å². The molecule has 0 atom stereocenters. The second-order valence-corrected chi connectivity index (χ2v) is 10.6. The fourth-order valence-corrected chi connectivity index (χ4v) is 5.80. The number of hydrogen-bond donors (Lipinski definition) is 2. The number of nitrogens with zero attached hydrogens (tertiary/aromatic N) is 2. The van der Waals surface area contributed by atoms with E-state index in [0.717, 1.165) is 55.5 Å². The van der Waals surface area contributed by atoms with Gasteiger partial charge in [0, 0.05) is 37.7 Å². The van der Waals surface area contributed by atoms with Crippen molar-refractivity contribution in [2.75, 3.05) is 13.1 Å². The number of unbranched alkanes of at least 4 members (excludes halogenated alkanes) is 2. The Hall–Kier alpha value is -2.86. The fourth-order valence-electron chi connectivity index (χ4n) is 5.49.